The first kappa shape index (κ1) is 23.6. The van der Waals surface area contributed by atoms with Crippen LogP contribution in [-0.2, 0) is 17.5 Å². The van der Waals surface area contributed by atoms with E-state index in [9.17, 15) is 26.7 Å². The van der Waals surface area contributed by atoms with E-state index in [2.05, 4.69) is 14.7 Å². The summed E-state index contributed by atoms with van der Waals surface area (Å²) in [5.41, 5.74) is -2.64. The number of nitrogens with one attached hydrogen (secondary N) is 1. The van der Waals surface area contributed by atoms with Gasteiger partial charge in [0.1, 0.15) is 5.65 Å². The van der Waals surface area contributed by atoms with Gasteiger partial charge < -0.3 is 18.8 Å². The van der Waals surface area contributed by atoms with Crippen molar-refractivity contribution in [3.8, 4) is 22.8 Å². The van der Waals surface area contributed by atoms with Crippen LogP contribution in [0, 0.1) is 4.77 Å². The largest absolute Gasteiger partial charge is 0.493 e. The number of hydrogen-bond acceptors (Lipinski definition) is 6. The van der Waals surface area contributed by atoms with E-state index < -0.39 is 29.3 Å². The second-order valence-electron chi connectivity index (χ2n) is 6.40. The number of aromatic nitrogens is 3. The van der Waals surface area contributed by atoms with Crippen molar-refractivity contribution in [1.29, 1.82) is 0 Å². The van der Waals surface area contributed by atoms with Gasteiger partial charge in [-0.15, -0.1) is 0 Å². The molecule has 0 spiro atoms. The Kier molecular flexibility index (Phi) is 6.79. The highest BCUT2D eigenvalue weighted by atomic mass is 32.1. The highest BCUT2D eigenvalue weighted by molar-refractivity contribution is 7.71. The van der Waals surface area contributed by atoms with Gasteiger partial charge in [0.25, 0.3) is 5.56 Å². The molecule has 3 rings (SSSR count). The summed E-state index contributed by atoms with van der Waals surface area (Å²) < 4.78 is 82.1. The minimum Gasteiger partial charge on any atom is -0.493 e. The molecular weight excluding hydrogens is 461 g/mol. The second-order valence-corrected chi connectivity index (χ2v) is 6.79. The molecule has 1 N–H and O–H groups in total. The number of ether oxygens (including phenoxy) is 3. The number of methoxy groups -OCH3 is 2. The molecule has 172 valence electrons. The SMILES string of the molecule is COCCn1c(=S)[nH]c(=O)c2c(C(F)(F)F)cc(-c3ccc(OC(F)F)c(OC)c3)nc21. The summed E-state index contributed by atoms with van der Waals surface area (Å²) in [6.07, 6.45) is -4.90. The Morgan fingerprint density at radius 3 is 2.50 bits per heavy atom. The molecule has 1 aromatic carbocycles. The number of hydrogen-bond donors (Lipinski definition) is 1. The van der Waals surface area contributed by atoms with Crippen LogP contribution in [-0.4, -0.2) is 42.0 Å². The first-order valence-electron chi connectivity index (χ1n) is 8.94. The Balaban J connectivity index is 2.33. The summed E-state index contributed by atoms with van der Waals surface area (Å²) in [4.78, 5) is 18.8. The predicted octanol–water partition coefficient (Wildman–Crippen LogP) is 4.40. The minimum absolute atomic E-state index is 0.0286. The van der Waals surface area contributed by atoms with Gasteiger partial charge in [0.2, 0.25) is 0 Å². The zero-order valence-corrected chi connectivity index (χ0v) is 17.4. The van der Waals surface area contributed by atoms with Crippen molar-refractivity contribution in [2.75, 3.05) is 20.8 Å². The van der Waals surface area contributed by atoms with Gasteiger partial charge in [-0.25, -0.2) is 4.98 Å². The van der Waals surface area contributed by atoms with Gasteiger partial charge in [-0.3, -0.25) is 9.78 Å². The van der Waals surface area contributed by atoms with Gasteiger partial charge >= 0.3 is 12.8 Å². The zero-order chi connectivity index (χ0) is 23.6. The fraction of sp³-hybridized carbons (Fsp3) is 0.316. The highest BCUT2D eigenvalue weighted by Crippen LogP contribution is 2.38. The molecule has 32 heavy (non-hydrogen) atoms. The summed E-state index contributed by atoms with van der Waals surface area (Å²) in [6.45, 7) is -3.00. The molecule has 0 atom stereocenters. The summed E-state index contributed by atoms with van der Waals surface area (Å²) in [5.74, 6) is -0.442. The van der Waals surface area contributed by atoms with Gasteiger partial charge in [-0.2, -0.15) is 22.0 Å². The monoisotopic (exact) mass is 477 g/mol. The molecule has 0 aliphatic heterocycles. The Labute approximate surface area is 182 Å². The number of benzene rings is 1. The van der Waals surface area contributed by atoms with E-state index in [1.165, 1.54) is 30.9 Å². The molecule has 0 unspecified atom stereocenters. The van der Waals surface area contributed by atoms with Gasteiger partial charge in [-0.05, 0) is 36.5 Å². The predicted molar refractivity (Wildman–Crippen MR) is 107 cm³/mol. The van der Waals surface area contributed by atoms with Crippen LogP contribution >= 0.6 is 12.2 Å². The summed E-state index contributed by atoms with van der Waals surface area (Å²) in [6, 6.07) is 4.27. The Morgan fingerprint density at radius 2 is 1.91 bits per heavy atom. The molecule has 13 heteroatoms. The van der Waals surface area contributed by atoms with Crippen LogP contribution in [0.5, 0.6) is 11.5 Å². The number of rotatable bonds is 7. The molecule has 2 heterocycles. The quantitative estimate of drug-likeness (QED) is 0.402. The van der Waals surface area contributed by atoms with Crippen molar-refractivity contribution in [1.82, 2.24) is 14.5 Å². The summed E-state index contributed by atoms with van der Waals surface area (Å²) >= 11 is 5.10. The number of aromatic amines is 1. The third kappa shape index (κ3) is 4.72. The van der Waals surface area contributed by atoms with E-state index in [1.54, 1.807) is 0 Å². The van der Waals surface area contributed by atoms with E-state index in [4.69, 9.17) is 21.7 Å². The molecule has 0 aliphatic carbocycles. The van der Waals surface area contributed by atoms with E-state index in [0.29, 0.717) is 6.07 Å². The Hall–Kier alpha value is -3.06. The van der Waals surface area contributed by atoms with Crippen molar-refractivity contribution in [3.05, 3.63) is 45.0 Å². The zero-order valence-electron chi connectivity index (χ0n) is 16.6. The van der Waals surface area contributed by atoms with Crippen LogP contribution in [0.1, 0.15) is 5.56 Å². The molecular formula is C19H16F5N3O4S. The fourth-order valence-electron chi connectivity index (χ4n) is 3.06. The molecule has 0 aliphatic rings. The first-order valence-corrected chi connectivity index (χ1v) is 9.35. The summed E-state index contributed by atoms with van der Waals surface area (Å²) in [7, 11) is 2.58. The second kappa shape index (κ2) is 9.20. The van der Waals surface area contributed by atoms with E-state index in [-0.39, 0.29) is 46.3 Å². The van der Waals surface area contributed by atoms with Crippen LogP contribution in [0.2, 0.25) is 0 Å². The molecule has 0 amide bonds. The van der Waals surface area contributed by atoms with Gasteiger partial charge in [0.05, 0.1) is 36.9 Å². The van der Waals surface area contributed by atoms with Crippen molar-refractivity contribution in [3.63, 3.8) is 0 Å². The molecule has 0 saturated heterocycles. The van der Waals surface area contributed by atoms with Gasteiger partial charge in [0.15, 0.2) is 16.3 Å². The molecule has 0 bridgehead atoms. The number of H-pyrrole nitrogens is 1. The maximum Gasteiger partial charge on any atom is 0.417 e. The highest BCUT2D eigenvalue weighted by Gasteiger charge is 2.35. The van der Waals surface area contributed by atoms with Crippen LogP contribution in [0.15, 0.2) is 29.1 Å². The normalized spacial score (nSPS) is 11.9. The average molecular weight is 477 g/mol. The summed E-state index contributed by atoms with van der Waals surface area (Å²) in [5, 5.41) is -0.685. The maximum absolute atomic E-state index is 13.9. The van der Waals surface area contributed by atoms with Crippen molar-refractivity contribution >= 4 is 23.3 Å². The molecule has 3 aromatic rings. The standard InChI is InChI=1S/C19H16F5N3O4S/c1-29-6-5-27-15-14(16(28)26-18(27)32)10(19(22,23)24)8-11(25-15)9-3-4-12(31-17(20)21)13(7-9)30-2/h3-4,7-8,17H,5-6H2,1-2H3,(H,26,28,32). The number of halogens is 5. The lowest BCUT2D eigenvalue weighted by atomic mass is 10.1. The molecule has 7 nitrogen and oxygen atoms in total. The van der Waals surface area contributed by atoms with Crippen LogP contribution in [0.25, 0.3) is 22.3 Å². The van der Waals surface area contributed by atoms with Crippen LogP contribution in [0.4, 0.5) is 22.0 Å². The van der Waals surface area contributed by atoms with Crippen molar-refractivity contribution < 1.29 is 36.2 Å². The molecule has 2 aromatic heterocycles. The first-order chi connectivity index (χ1) is 15.1. The van der Waals surface area contributed by atoms with Crippen molar-refractivity contribution in [2.45, 2.75) is 19.3 Å². The minimum atomic E-state index is -4.90. The lowest BCUT2D eigenvalue weighted by molar-refractivity contribution is -0.136. The molecule has 0 radical (unpaired) electrons. The number of fused-ring (bicyclic) bond motifs is 1. The number of pyridine rings is 1. The smallest absolute Gasteiger partial charge is 0.417 e. The molecule has 0 fully saturated rings. The third-order valence-corrected chi connectivity index (χ3v) is 4.77. The lowest BCUT2D eigenvalue weighted by Crippen LogP contribution is -2.21. The topological polar surface area (TPSA) is 78.4 Å². The van der Waals surface area contributed by atoms with Crippen molar-refractivity contribution in [2.24, 2.45) is 0 Å². The third-order valence-electron chi connectivity index (χ3n) is 4.45. The van der Waals surface area contributed by atoms with Crippen LogP contribution in [0.3, 0.4) is 0 Å². The maximum atomic E-state index is 13.9. The molecule has 0 saturated carbocycles. The Bertz CT molecular complexity index is 1260. The fourth-order valence-corrected chi connectivity index (χ4v) is 3.33. The van der Waals surface area contributed by atoms with E-state index in [1.807, 2.05) is 0 Å². The Morgan fingerprint density at radius 1 is 1.19 bits per heavy atom. The van der Waals surface area contributed by atoms with Gasteiger partial charge in [0, 0.05) is 12.7 Å². The number of nitrogens with zero attached hydrogens (tertiary/aromatic N) is 2. The van der Waals surface area contributed by atoms with Gasteiger partial charge in [-0.1, -0.05) is 0 Å². The average Bonchev–Trinajstić information content (AvgIpc) is 2.72. The van der Waals surface area contributed by atoms with Crippen LogP contribution < -0.4 is 15.0 Å². The lowest BCUT2D eigenvalue weighted by Gasteiger charge is -2.16. The number of alkyl halides is 5. The van der Waals surface area contributed by atoms with E-state index >= 15 is 0 Å². The van der Waals surface area contributed by atoms with E-state index in [0.717, 1.165) is 6.07 Å².